The first kappa shape index (κ1) is 23.0. The number of benzene rings is 3. The molecule has 0 bridgehead atoms. The Morgan fingerprint density at radius 3 is 2.57 bits per heavy atom. The molecule has 35 heavy (non-hydrogen) atoms. The molecule has 2 heterocycles. The molecule has 1 aliphatic rings. The molecule has 1 amide bonds. The molecule has 0 spiro atoms. The van der Waals surface area contributed by atoms with E-state index in [9.17, 15) is 4.79 Å². The van der Waals surface area contributed by atoms with E-state index >= 15 is 0 Å². The molecule has 1 aliphatic heterocycles. The minimum absolute atomic E-state index is 0.00595. The number of hydrogen-bond acceptors (Lipinski definition) is 4. The van der Waals surface area contributed by atoms with Crippen LogP contribution in [0.4, 0.5) is 5.69 Å². The molecule has 0 N–H and O–H groups in total. The molecule has 1 aromatic heterocycles. The average molecular weight is 470 g/mol. The van der Waals surface area contributed by atoms with Crippen LogP contribution in [0.2, 0.25) is 0 Å². The quantitative estimate of drug-likeness (QED) is 0.329. The van der Waals surface area contributed by atoms with Crippen molar-refractivity contribution in [3.8, 4) is 11.5 Å². The Morgan fingerprint density at radius 1 is 1.00 bits per heavy atom. The Hall–Kier alpha value is -3.80. The van der Waals surface area contributed by atoms with Crippen molar-refractivity contribution < 1.29 is 14.3 Å². The summed E-state index contributed by atoms with van der Waals surface area (Å²) in [6.45, 7) is 6.14. The first-order valence-corrected chi connectivity index (χ1v) is 12.2. The van der Waals surface area contributed by atoms with Crippen LogP contribution >= 0.6 is 0 Å². The lowest BCUT2D eigenvalue weighted by molar-refractivity contribution is -0.117. The number of hydrogen-bond donors (Lipinski definition) is 0. The number of carbonyl (C=O) groups is 1. The number of para-hydroxylation sites is 2. The number of amides is 1. The molecule has 1 saturated heterocycles. The van der Waals surface area contributed by atoms with E-state index in [1.165, 1.54) is 5.56 Å². The summed E-state index contributed by atoms with van der Waals surface area (Å²) < 4.78 is 13.6. The molecule has 1 fully saturated rings. The Bertz CT molecular complexity index is 1330. The van der Waals surface area contributed by atoms with E-state index in [1.807, 2.05) is 59.5 Å². The van der Waals surface area contributed by atoms with E-state index in [1.54, 1.807) is 7.11 Å². The van der Waals surface area contributed by atoms with Gasteiger partial charge in [-0.25, -0.2) is 4.98 Å². The van der Waals surface area contributed by atoms with Gasteiger partial charge in [-0.3, -0.25) is 4.79 Å². The number of methoxy groups -OCH3 is 1. The fraction of sp³-hybridized carbons (Fsp3) is 0.310. The predicted molar refractivity (Wildman–Crippen MR) is 138 cm³/mol. The van der Waals surface area contributed by atoms with Crippen molar-refractivity contribution in [3.63, 3.8) is 0 Å². The summed E-state index contributed by atoms with van der Waals surface area (Å²) in [6, 6.07) is 24.1. The lowest BCUT2D eigenvalue weighted by Crippen LogP contribution is -2.24. The fourth-order valence-electron chi connectivity index (χ4n) is 4.75. The van der Waals surface area contributed by atoms with Gasteiger partial charge < -0.3 is 18.9 Å². The van der Waals surface area contributed by atoms with Gasteiger partial charge in [0.1, 0.15) is 23.9 Å². The van der Waals surface area contributed by atoms with E-state index in [2.05, 4.69) is 36.6 Å². The van der Waals surface area contributed by atoms with Crippen molar-refractivity contribution in [3.05, 3.63) is 84.2 Å². The third-order valence-electron chi connectivity index (χ3n) is 6.67. The first-order chi connectivity index (χ1) is 17.0. The summed E-state index contributed by atoms with van der Waals surface area (Å²) in [5.41, 5.74) is 4.16. The third-order valence-corrected chi connectivity index (χ3v) is 6.67. The first-order valence-electron chi connectivity index (χ1n) is 12.2. The van der Waals surface area contributed by atoms with Crippen LogP contribution in [0.3, 0.4) is 0 Å². The lowest BCUT2D eigenvalue weighted by Gasteiger charge is -2.18. The molecule has 3 aromatic carbocycles. The average Bonchev–Trinajstić information content (AvgIpc) is 3.45. The third kappa shape index (κ3) is 4.74. The molecule has 0 aliphatic carbocycles. The van der Waals surface area contributed by atoms with Crippen LogP contribution in [0, 0.1) is 0 Å². The number of fused-ring (bicyclic) bond motifs is 1. The molecule has 1 unspecified atom stereocenters. The molecule has 0 saturated carbocycles. The highest BCUT2D eigenvalue weighted by atomic mass is 16.5. The normalized spacial score (nSPS) is 15.8. The monoisotopic (exact) mass is 469 g/mol. The second kappa shape index (κ2) is 9.82. The zero-order valence-electron chi connectivity index (χ0n) is 20.5. The molecule has 1 atom stereocenters. The van der Waals surface area contributed by atoms with Gasteiger partial charge in [-0.15, -0.1) is 0 Å². The van der Waals surface area contributed by atoms with Crippen LogP contribution in [0.5, 0.6) is 11.5 Å². The van der Waals surface area contributed by atoms with Crippen molar-refractivity contribution in [1.82, 2.24) is 9.55 Å². The van der Waals surface area contributed by atoms with Crippen LogP contribution in [0.1, 0.15) is 43.5 Å². The zero-order valence-corrected chi connectivity index (χ0v) is 20.5. The number of ether oxygens (including phenoxy) is 2. The molecule has 6 heteroatoms. The number of anilines is 1. The summed E-state index contributed by atoms with van der Waals surface area (Å²) in [4.78, 5) is 19.8. The number of carbonyl (C=O) groups excluding carboxylic acids is 1. The van der Waals surface area contributed by atoms with E-state index in [0.29, 0.717) is 32.0 Å². The summed E-state index contributed by atoms with van der Waals surface area (Å²) in [6.07, 6.45) is 0.429. The van der Waals surface area contributed by atoms with Gasteiger partial charge in [0.05, 0.1) is 24.7 Å². The SMILES string of the molecule is COc1cccc(N2CC(c3nc4ccccc4n3CCOc3ccc(C(C)C)cc3)CC2=O)c1. The highest BCUT2D eigenvalue weighted by Crippen LogP contribution is 2.34. The van der Waals surface area contributed by atoms with Gasteiger partial charge in [0.15, 0.2) is 0 Å². The van der Waals surface area contributed by atoms with Gasteiger partial charge in [-0.2, -0.15) is 0 Å². The van der Waals surface area contributed by atoms with Crippen LogP contribution in [0.25, 0.3) is 11.0 Å². The van der Waals surface area contributed by atoms with E-state index in [-0.39, 0.29) is 11.8 Å². The van der Waals surface area contributed by atoms with Crippen molar-refractivity contribution >= 4 is 22.6 Å². The number of imidazole rings is 1. The minimum Gasteiger partial charge on any atom is -0.497 e. The van der Waals surface area contributed by atoms with E-state index in [4.69, 9.17) is 14.5 Å². The van der Waals surface area contributed by atoms with Gasteiger partial charge in [-0.1, -0.05) is 44.2 Å². The van der Waals surface area contributed by atoms with Crippen molar-refractivity contribution in [2.45, 2.75) is 38.6 Å². The topological polar surface area (TPSA) is 56.6 Å². The van der Waals surface area contributed by atoms with Crippen LogP contribution in [0.15, 0.2) is 72.8 Å². The maximum absolute atomic E-state index is 13.0. The Kier molecular flexibility index (Phi) is 6.45. The summed E-state index contributed by atoms with van der Waals surface area (Å²) in [5.74, 6) is 3.14. The molecule has 4 aromatic rings. The Labute approximate surface area is 206 Å². The lowest BCUT2D eigenvalue weighted by atomic mass is 10.0. The molecule has 6 nitrogen and oxygen atoms in total. The number of nitrogens with zero attached hydrogens (tertiary/aromatic N) is 3. The molecule has 0 radical (unpaired) electrons. The van der Waals surface area contributed by atoms with Gasteiger partial charge in [0, 0.05) is 30.6 Å². The Morgan fingerprint density at radius 2 is 1.80 bits per heavy atom. The van der Waals surface area contributed by atoms with Crippen molar-refractivity contribution in [1.29, 1.82) is 0 Å². The van der Waals surface area contributed by atoms with Gasteiger partial charge in [0.2, 0.25) is 5.91 Å². The van der Waals surface area contributed by atoms with Gasteiger partial charge in [-0.05, 0) is 47.9 Å². The zero-order chi connectivity index (χ0) is 24.4. The minimum atomic E-state index is 0.00595. The maximum Gasteiger partial charge on any atom is 0.227 e. The highest BCUT2D eigenvalue weighted by molar-refractivity contribution is 5.96. The second-order valence-electron chi connectivity index (χ2n) is 9.29. The molecule has 180 valence electrons. The van der Waals surface area contributed by atoms with Crippen LogP contribution in [-0.2, 0) is 11.3 Å². The summed E-state index contributed by atoms with van der Waals surface area (Å²) >= 11 is 0. The largest absolute Gasteiger partial charge is 0.497 e. The predicted octanol–water partition coefficient (Wildman–Crippen LogP) is 5.77. The standard InChI is InChI=1S/C29H31N3O3/c1-20(2)21-11-13-24(14-12-21)35-16-15-31-27-10-5-4-9-26(27)30-29(31)22-17-28(33)32(19-22)23-7-6-8-25(18-23)34-3/h4-14,18,20,22H,15-17,19H2,1-3H3. The fourth-order valence-corrected chi connectivity index (χ4v) is 4.75. The van der Waals surface area contributed by atoms with E-state index in [0.717, 1.165) is 34.0 Å². The maximum atomic E-state index is 13.0. The molecular formula is C29H31N3O3. The second-order valence-corrected chi connectivity index (χ2v) is 9.29. The van der Waals surface area contributed by atoms with Gasteiger partial charge in [0.25, 0.3) is 0 Å². The summed E-state index contributed by atoms with van der Waals surface area (Å²) in [7, 11) is 1.64. The van der Waals surface area contributed by atoms with Crippen molar-refractivity contribution in [2.24, 2.45) is 0 Å². The Balaban J connectivity index is 1.36. The summed E-state index contributed by atoms with van der Waals surface area (Å²) in [5, 5.41) is 0. The molecule has 5 rings (SSSR count). The van der Waals surface area contributed by atoms with E-state index < -0.39 is 0 Å². The van der Waals surface area contributed by atoms with Crippen LogP contribution in [-0.4, -0.2) is 35.7 Å². The highest BCUT2D eigenvalue weighted by Gasteiger charge is 2.35. The molecular weight excluding hydrogens is 438 g/mol. The van der Waals surface area contributed by atoms with Gasteiger partial charge >= 0.3 is 0 Å². The number of rotatable bonds is 8. The van der Waals surface area contributed by atoms with Crippen LogP contribution < -0.4 is 14.4 Å². The number of aromatic nitrogens is 2. The van der Waals surface area contributed by atoms with Crippen molar-refractivity contribution in [2.75, 3.05) is 25.2 Å². The smallest absolute Gasteiger partial charge is 0.227 e.